The monoisotopic (exact) mass is 419 g/mol. The standard InChI is InChI=1S/C28H53NO/c1-2-3-4-5-6-7-8-9-10-11-16-21-27(22-17-12-13-18-23-27)28(26(29)30)24-19-14-15-20-25-28/h2-25H2,1H3,(H2,29,30). The lowest BCUT2D eigenvalue weighted by Crippen LogP contribution is -2.51. The van der Waals surface area contributed by atoms with Crippen LogP contribution in [0, 0.1) is 10.8 Å². The summed E-state index contributed by atoms with van der Waals surface area (Å²) in [5.74, 6) is 0.0503. The smallest absolute Gasteiger partial charge is 0.224 e. The molecule has 0 unspecified atom stereocenters. The Labute approximate surface area is 188 Å². The van der Waals surface area contributed by atoms with Crippen molar-refractivity contribution < 1.29 is 4.79 Å². The van der Waals surface area contributed by atoms with Crippen molar-refractivity contribution in [2.75, 3.05) is 0 Å². The topological polar surface area (TPSA) is 43.1 Å². The highest BCUT2D eigenvalue weighted by molar-refractivity contribution is 5.82. The Morgan fingerprint density at radius 1 is 0.600 bits per heavy atom. The van der Waals surface area contributed by atoms with Gasteiger partial charge in [0.15, 0.2) is 0 Å². The van der Waals surface area contributed by atoms with E-state index in [9.17, 15) is 4.79 Å². The van der Waals surface area contributed by atoms with Crippen LogP contribution in [0.3, 0.4) is 0 Å². The van der Waals surface area contributed by atoms with E-state index < -0.39 is 0 Å². The first-order chi connectivity index (χ1) is 14.7. The van der Waals surface area contributed by atoms with Crippen molar-refractivity contribution in [3.05, 3.63) is 0 Å². The van der Waals surface area contributed by atoms with E-state index in [0.29, 0.717) is 0 Å². The van der Waals surface area contributed by atoms with Crippen LogP contribution in [0.4, 0.5) is 0 Å². The van der Waals surface area contributed by atoms with Crippen LogP contribution in [0.25, 0.3) is 0 Å². The van der Waals surface area contributed by atoms with E-state index in [1.807, 2.05) is 0 Å². The Morgan fingerprint density at radius 3 is 1.43 bits per heavy atom. The number of rotatable bonds is 14. The zero-order valence-corrected chi connectivity index (χ0v) is 20.5. The molecule has 0 atom stereocenters. The Hall–Kier alpha value is -0.530. The fourth-order valence-electron chi connectivity index (χ4n) is 6.87. The van der Waals surface area contributed by atoms with Gasteiger partial charge in [0.05, 0.1) is 5.41 Å². The van der Waals surface area contributed by atoms with Gasteiger partial charge in [-0.1, -0.05) is 129 Å². The average molecular weight is 420 g/mol. The molecule has 0 saturated heterocycles. The van der Waals surface area contributed by atoms with E-state index in [1.54, 1.807) is 0 Å². The lowest BCUT2D eigenvalue weighted by atomic mass is 9.54. The first kappa shape index (κ1) is 25.7. The highest BCUT2D eigenvalue weighted by Gasteiger charge is 2.53. The molecule has 30 heavy (non-hydrogen) atoms. The number of hydrogen-bond acceptors (Lipinski definition) is 1. The minimum absolute atomic E-state index is 0.0503. The van der Waals surface area contributed by atoms with Gasteiger partial charge in [0, 0.05) is 0 Å². The van der Waals surface area contributed by atoms with E-state index in [-0.39, 0.29) is 16.7 Å². The van der Waals surface area contributed by atoms with Gasteiger partial charge in [-0.3, -0.25) is 4.79 Å². The Kier molecular flexibility index (Phi) is 12.4. The minimum atomic E-state index is -0.202. The third-order valence-corrected chi connectivity index (χ3v) is 8.76. The molecule has 0 aromatic carbocycles. The number of unbranched alkanes of at least 4 members (excludes halogenated alkanes) is 10. The maximum atomic E-state index is 13.0. The molecule has 0 aromatic heterocycles. The normalized spacial score (nSPS) is 21.6. The quantitative estimate of drug-likeness (QED) is 0.222. The first-order valence-electron chi connectivity index (χ1n) is 14.0. The van der Waals surface area contributed by atoms with Crippen LogP contribution in [0.2, 0.25) is 0 Å². The van der Waals surface area contributed by atoms with Gasteiger partial charge in [-0.25, -0.2) is 0 Å². The van der Waals surface area contributed by atoms with Crippen molar-refractivity contribution in [1.82, 2.24) is 0 Å². The lowest BCUT2D eigenvalue weighted by Gasteiger charge is -2.49. The summed E-state index contributed by atoms with van der Waals surface area (Å²) in [7, 11) is 0. The molecule has 2 fully saturated rings. The van der Waals surface area contributed by atoms with Crippen LogP contribution in [-0.4, -0.2) is 5.91 Å². The van der Waals surface area contributed by atoms with E-state index in [4.69, 9.17) is 5.73 Å². The third-order valence-electron chi connectivity index (χ3n) is 8.76. The molecule has 0 aliphatic heterocycles. The van der Waals surface area contributed by atoms with Crippen LogP contribution >= 0.6 is 0 Å². The summed E-state index contributed by atoms with van der Waals surface area (Å²) >= 11 is 0. The summed E-state index contributed by atoms with van der Waals surface area (Å²) < 4.78 is 0. The molecule has 2 saturated carbocycles. The Balaban J connectivity index is 1.82. The molecule has 0 heterocycles. The zero-order valence-electron chi connectivity index (χ0n) is 20.5. The third kappa shape index (κ3) is 7.56. The lowest BCUT2D eigenvalue weighted by molar-refractivity contribution is -0.140. The number of carbonyl (C=O) groups excluding carboxylic acids is 1. The second-order valence-electron chi connectivity index (χ2n) is 10.8. The van der Waals surface area contributed by atoms with E-state index in [0.717, 1.165) is 12.8 Å². The molecule has 0 bridgehead atoms. The van der Waals surface area contributed by atoms with Gasteiger partial charge in [-0.15, -0.1) is 0 Å². The maximum absolute atomic E-state index is 13.0. The molecule has 2 N–H and O–H groups in total. The predicted octanol–water partition coefficient (Wildman–Crippen LogP) is 8.85. The fourth-order valence-corrected chi connectivity index (χ4v) is 6.87. The summed E-state index contributed by atoms with van der Waals surface area (Å²) in [6.07, 6.45) is 31.6. The summed E-state index contributed by atoms with van der Waals surface area (Å²) in [4.78, 5) is 13.0. The number of amides is 1. The van der Waals surface area contributed by atoms with Crippen molar-refractivity contribution >= 4 is 5.91 Å². The zero-order chi connectivity index (χ0) is 21.5. The number of hydrogen-bond donors (Lipinski definition) is 1. The van der Waals surface area contributed by atoms with Crippen LogP contribution < -0.4 is 5.73 Å². The second-order valence-corrected chi connectivity index (χ2v) is 10.8. The fraction of sp³-hybridized carbons (Fsp3) is 0.964. The van der Waals surface area contributed by atoms with Gasteiger partial charge >= 0.3 is 0 Å². The van der Waals surface area contributed by atoms with Gasteiger partial charge < -0.3 is 5.73 Å². The Bertz CT molecular complexity index is 442. The maximum Gasteiger partial charge on any atom is 0.224 e. The molecular formula is C28H53NO. The van der Waals surface area contributed by atoms with E-state index in [1.165, 1.54) is 141 Å². The summed E-state index contributed by atoms with van der Waals surface area (Å²) in [5, 5.41) is 0. The van der Waals surface area contributed by atoms with Crippen molar-refractivity contribution in [3.63, 3.8) is 0 Å². The van der Waals surface area contributed by atoms with Crippen molar-refractivity contribution in [2.24, 2.45) is 16.6 Å². The summed E-state index contributed by atoms with van der Waals surface area (Å²) in [6.45, 7) is 2.29. The van der Waals surface area contributed by atoms with E-state index >= 15 is 0 Å². The number of carbonyl (C=O) groups is 1. The molecule has 0 radical (unpaired) electrons. The van der Waals surface area contributed by atoms with Gasteiger partial charge in [0.2, 0.25) is 5.91 Å². The number of nitrogens with two attached hydrogens (primary N) is 1. The highest BCUT2D eigenvalue weighted by atomic mass is 16.1. The molecule has 1 amide bonds. The Morgan fingerprint density at radius 2 is 1.00 bits per heavy atom. The van der Waals surface area contributed by atoms with Crippen LogP contribution in [0.15, 0.2) is 0 Å². The van der Waals surface area contributed by atoms with Crippen molar-refractivity contribution in [2.45, 2.75) is 161 Å². The molecule has 0 aromatic rings. The van der Waals surface area contributed by atoms with Gasteiger partial charge in [0.1, 0.15) is 0 Å². The van der Waals surface area contributed by atoms with Crippen LogP contribution in [-0.2, 0) is 4.79 Å². The van der Waals surface area contributed by atoms with Crippen LogP contribution in [0.5, 0.6) is 0 Å². The van der Waals surface area contributed by atoms with E-state index in [2.05, 4.69) is 6.92 Å². The predicted molar refractivity (Wildman–Crippen MR) is 131 cm³/mol. The minimum Gasteiger partial charge on any atom is -0.369 e. The molecular weight excluding hydrogens is 366 g/mol. The van der Waals surface area contributed by atoms with Gasteiger partial charge in [-0.05, 0) is 37.5 Å². The van der Waals surface area contributed by atoms with Gasteiger partial charge in [-0.2, -0.15) is 0 Å². The highest BCUT2D eigenvalue weighted by Crippen LogP contribution is 2.58. The number of primary amides is 1. The van der Waals surface area contributed by atoms with Crippen molar-refractivity contribution in [1.29, 1.82) is 0 Å². The molecule has 2 heteroatoms. The molecule has 2 rings (SSSR count). The van der Waals surface area contributed by atoms with Crippen molar-refractivity contribution in [3.8, 4) is 0 Å². The molecule has 2 aliphatic rings. The summed E-state index contributed by atoms with van der Waals surface area (Å²) in [5.41, 5.74) is 6.23. The van der Waals surface area contributed by atoms with Crippen LogP contribution in [0.1, 0.15) is 161 Å². The molecule has 2 nitrogen and oxygen atoms in total. The average Bonchev–Trinajstić information content (AvgIpc) is 3.14. The second kappa shape index (κ2) is 14.5. The molecule has 2 aliphatic carbocycles. The largest absolute Gasteiger partial charge is 0.369 e. The summed E-state index contributed by atoms with van der Waals surface area (Å²) in [6, 6.07) is 0. The van der Waals surface area contributed by atoms with Gasteiger partial charge in [0.25, 0.3) is 0 Å². The molecule has 0 spiro atoms. The SMILES string of the molecule is CCCCCCCCCCCCCC1(C2(C(N)=O)CCCCCC2)CCCCCC1. The molecule has 176 valence electrons. The first-order valence-corrected chi connectivity index (χ1v) is 14.0.